The summed E-state index contributed by atoms with van der Waals surface area (Å²) in [5, 5.41) is 7.70. The summed E-state index contributed by atoms with van der Waals surface area (Å²) < 4.78 is 16.5. The van der Waals surface area contributed by atoms with Crippen molar-refractivity contribution in [3.63, 3.8) is 0 Å². The molecule has 0 unspecified atom stereocenters. The zero-order valence-electron chi connectivity index (χ0n) is 14.7. The Labute approximate surface area is 160 Å². The summed E-state index contributed by atoms with van der Waals surface area (Å²) in [6, 6.07) is 17.1. The molecule has 4 rings (SSSR count). The second-order valence-electron chi connectivity index (χ2n) is 5.83. The van der Waals surface area contributed by atoms with Crippen LogP contribution in [-0.2, 0) is 11.3 Å². The molecule has 0 atom stereocenters. The Balaban J connectivity index is 1.57. The van der Waals surface area contributed by atoms with E-state index in [-0.39, 0.29) is 6.61 Å². The topological polar surface area (TPSA) is 61.6 Å². The fourth-order valence-electron chi connectivity index (χ4n) is 2.86. The third kappa shape index (κ3) is 3.57. The van der Waals surface area contributed by atoms with Gasteiger partial charge in [0, 0.05) is 6.07 Å². The highest BCUT2D eigenvalue weighted by Crippen LogP contribution is 2.30. The van der Waals surface area contributed by atoms with Gasteiger partial charge >= 0.3 is 5.97 Å². The summed E-state index contributed by atoms with van der Waals surface area (Å²) in [6.45, 7) is 2.38. The van der Waals surface area contributed by atoms with E-state index in [0.29, 0.717) is 29.4 Å². The molecular weight excluding hydrogens is 362 g/mol. The second-order valence-corrected chi connectivity index (χ2v) is 6.78. The molecule has 0 spiro atoms. The van der Waals surface area contributed by atoms with Crippen molar-refractivity contribution in [1.29, 1.82) is 0 Å². The Bertz CT molecular complexity index is 1070. The average Bonchev–Trinajstić information content (AvgIpc) is 3.38. The molecule has 2 aromatic carbocycles. The van der Waals surface area contributed by atoms with Gasteiger partial charge in [0.05, 0.1) is 11.5 Å². The third-order valence-electron chi connectivity index (χ3n) is 4.07. The van der Waals surface area contributed by atoms with E-state index < -0.39 is 5.97 Å². The largest absolute Gasteiger partial charge is 0.493 e. The van der Waals surface area contributed by atoms with E-state index in [9.17, 15) is 4.79 Å². The molecule has 0 aliphatic carbocycles. The van der Waals surface area contributed by atoms with E-state index >= 15 is 0 Å². The average molecular weight is 379 g/mol. The van der Waals surface area contributed by atoms with E-state index in [0.717, 1.165) is 15.6 Å². The van der Waals surface area contributed by atoms with Crippen molar-refractivity contribution in [2.75, 3.05) is 6.61 Å². The van der Waals surface area contributed by atoms with Gasteiger partial charge in [-0.3, -0.25) is 0 Å². The first-order valence-electron chi connectivity index (χ1n) is 8.57. The molecule has 2 heterocycles. The first-order chi connectivity index (χ1) is 13.3. The van der Waals surface area contributed by atoms with E-state index in [2.05, 4.69) is 5.16 Å². The standard InChI is InChI=1S/C21H17NO4S/c1-2-24-17-10-9-14-6-3-4-7-16(14)20(17)21(23)25-13-15-12-18(26-22-15)19-8-5-11-27-19/h3-12H,2,13H2,1H3. The Morgan fingerprint density at radius 3 is 2.85 bits per heavy atom. The van der Waals surface area contributed by atoms with Crippen molar-refractivity contribution in [2.45, 2.75) is 13.5 Å². The van der Waals surface area contributed by atoms with Crippen LogP contribution in [0.4, 0.5) is 0 Å². The lowest BCUT2D eigenvalue weighted by Crippen LogP contribution is -2.09. The molecule has 136 valence electrons. The number of carbonyl (C=O) groups is 1. The highest BCUT2D eigenvalue weighted by Gasteiger charge is 2.19. The number of nitrogens with zero attached hydrogens (tertiary/aromatic N) is 1. The van der Waals surface area contributed by atoms with Crippen molar-refractivity contribution in [3.05, 3.63) is 71.2 Å². The molecule has 2 aromatic heterocycles. The van der Waals surface area contributed by atoms with Crippen LogP contribution in [0.25, 0.3) is 21.4 Å². The maximum absolute atomic E-state index is 12.8. The van der Waals surface area contributed by atoms with Crippen LogP contribution in [0.3, 0.4) is 0 Å². The van der Waals surface area contributed by atoms with Crippen LogP contribution in [0.5, 0.6) is 5.75 Å². The zero-order valence-corrected chi connectivity index (χ0v) is 15.5. The summed E-state index contributed by atoms with van der Waals surface area (Å²) >= 11 is 1.56. The van der Waals surface area contributed by atoms with Gasteiger partial charge in [0.2, 0.25) is 0 Å². The molecule has 4 aromatic rings. The van der Waals surface area contributed by atoms with Gasteiger partial charge in [-0.1, -0.05) is 41.6 Å². The molecule has 0 bridgehead atoms. The number of aromatic nitrogens is 1. The summed E-state index contributed by atoms with van der Waals surface area (Å²) in [6.07, 6.45) is 0. The second kappa shape index (κ2) is 7.63. The van der Waals surface area contributed by atoms with Gasteiger partial charge in [-0.05, 0) is 35.2 Å². The van der Waals surface area contributed by atoms with E-state index in [1.807, 2.05) is 54.8 Å². The zero-order chi connectivity index (χ0) is 18.6. The molecule has 0 N–H and O–H groups in total. The monoisotopic (exact) mass is 379 g/mol. The molecule has 0 saturated heterocycles. The quantitative estimate of drug-likeness (QED) is 0.425. The van der Waals surface area contributed by atoms with Crippen molar-refractivity contribution < 1.29 is 18.8 Å². The molecule has 0 saturated carbocycles. The number of thiophene rings is 1. The van der Waals surface area contributed by atoms with Crippen molar-refractivity contribution >= 4 is 28.1 Å². The minimum Gasteiger partial charge on any atom is -0.493 e. The molecular formula is C21H17NO4S. The van der Waals surface area contributed by atoms with Crippen molar-refractivity contribution in [2.24, 2.45) is 0 Å². The van der Waals surface area contributed by atoms with Crippen LogP contribution < -0.4 is 4.74 Å². The highest BCUT2D eigenvalue weighted by molar-refractivity contribution is 7.13. The predicted octanol–water partition coefficient (Wildman–Crippen LogP) is 5.31. The normalized spacial score (nSPS) is 10.9. The molecule has 0 amide bonds. The molecule has 0 aliphatic heterocycles. The molecule has 0 aliphatic rings. The Hall–Kier alpha value is -3.12. The molecule has 0 radical (unpaired) electrons. The fourth-order valence-corrected chi connectivity index (χ4v) is 3.54. The van der Waals surface area contributed by atoms with Gasteiger partial charge in [-0.25, -0.2) is 4.79 Å². The SMILES string of the molecule is CCOc1ccc2ccccc2c1C(=O)OCc1cc(-c2cccs2)on1. The van der Waals surface area contributed by atoms with E-state index in [1.165, 1.54) is 0 Å². The summed E-state index contributed by atoms with van der Waals surface area (Å²) in [7, 11) is 0. The number of fused-ring (bicyclic) bond motifs is 1. The van der Waals surface area contributed by atoms with Crippen LogP contribution in [0, 0.1) is 0 Å². The number of ether oxygens (including phenoxy) is 2. The summed E-state index contributed by atoms with van der Waals surface area (Å²) in [5.41, 5.74) is 0.988. The van der Waals surface area contributed by atoms with Crippen LogP contribution in [0.1, 0.15) is 23.0 Å². The summed E-state index contributed by atoms with van der Waals surface area (Å²) in [4.78, 5) is 13.8. The van der Waals surface area contributed by atoms with E-state index in [1.54, 1.807) is 23.5 Å². The van der Waals surface area contributed by atoms with Crippen LogP contribution in [0.15, 0.2) is 64.5 Å². The number of rotatable bonds is 6. The molecule has 27 heavy (non-hydrogen) atoms. The lowest BCUT2D eigenvalue weighted by Gasteiger charge is -2.12. The minimum atomic E-state index is -0.448. The smallest absolute Gasteiger partial charge is 0.342 e. The number of benzene rings is 2. The summed E-state index contributed by atoms with van der Waals surface area (Å²) in [5.74, 6) is 0.729. The van der Waals surface area contributed by atoms with Crippen LogP contribution in [-0.4, -0.2) is 17.7 Å². The minimum absolute atomic E-state index is 0.0303. The number of hydrogen-bond donors (Lipinski definition) is 0. The fraction of sp³-hybridized carbons (Fsp3) is 0.143. The van der Waals surface area contributed by atoms with Gasteiger partial charge < -0.3 is 14.0 Å². The number of hydrogen-bond acceptors (Lipinski definition) is 6. The van der Waals surface area contributed by atoms with Crippen molar-refractivity contribution in [3.8, 4) is 16.4 Å². The van der Waals surface area contributed by atoms with E-state index in [4.69, 9.17) is 14.0 Å². The maximum Gasteiger partial charge on any atom is 0.342 e. The van der Waals surface area contributed by atoms with Gasteiger partial charge in [-0.2, -0.15) is 0 Å². The van der Waals surface area contributed by atoms with Crippen LogP contribution in [0.2, 0.25) is 0 Å². The van der Waals surface area contributed by atoms with Gasteiger partial charge in [-0.15, -0.1) is 11.3 Å². The first-order valence-corrected chi connectivity index (χ1v) is 9.45. The number of carbonyl (C=O) groups excluding carboxylic acids is 1. The Morgan fingerprint density at radius 1 is 1.15 bits per heavy atom. The maximum atomic E-state index is 12.8. The molecule has 5 nitrogen and oxygen atoms in total. The molecule has 6 heteroatoms. The highest BCUT2D eigenvalue weighted by atomic mass is 32.1. The predicted molar refractivity (Wildman–Crippen MR) is 104 cm³/mol. The molecule has 0 fully saturated rings. The number of esters is 1. The Morgan fingerprint density at radius 2 is 2.04 bits per heavy atom. The van der Waals surface area contributed by atoms with Gasteiger partial charge in [0.15, 0.2) is 5.76 Å². The Kier molecular flexibility index (Phi) is 4.89. The lowest BCUT2D eigenvalue weighted by molar-refractivity contribution is 0.0462. The first kappa shape index (κ1) is 17.3. The van der Waals surface area contributed by atoms with Gasteiger partial charge in [0.25, 0.3) is 0 Å². The van der Waals surface area contributed by atoms with Gasteiger partial charge in [0.1, 0.15) is 23.6 Å². The lowest BCUT2D eigenvalue weighted by atomic mass is 10.0. The van der Waals surface area contributed by atoms with Crippen LogP contribution >= 0.6 is 11.3 Å². The third-order valence-corrected chi connectivity index (χ3v) is 4.95. The van der Waals surface area contributed by atoms with Crippen molar-refractivity contribution in [1.82, 2.24) is 5.16 Å².